The fourth-order valence-electron chi connectivity index (χ4n) is 2.70. The minimum atomic E-state index is 0.445. The first-order valence-electron chi connectivity index (χ1n) is 6.20. The van der Waals surface area contributed by atoms with E-state index in [1.54, 1.807) is 11.3 Å². The van der Waals surface area contributed by atoms with Gasteiger partial charge in [-0.05, 0) is 64.8 Å². The van der Waals surface area contributed by atoms with E-state index in [1.165, 1.54) is 35.3 Å². The number of hydrogen-bond donors (Lipinski definition) is 1. The minimum Gasteiger partial charge on any atom is -0.316 e. The van der Waals surface area contributed by atoms with Crippen LogP contribution in [0.15, 0.2) is 15.2 Å². The quantitative estimate of drug-likeness (QED) is 0.916. The van der Waals surface area contributed by atoms with Crippen molar-refractivity contribution in [3.8, 4) is 0 Å². The molecule has 0 bridgehead atoms. The Kier molecular flexibility index (Phi) is 4.64. The molecule has 2 heterocycles. The van der Waals surface area contributed by atoms with Gasteiger partial charge in [-0.1, -0.05) is 6.92 Å². The number of nitrogens with one attached hydrogen (secondary N) is 1. The van der Waals surface area contributed by atoms with E-state index in [1.807, 2.05) is 0 Å². The minimum absolute atomic E-state index is 0.445. The molecule has 1 fully saturated rings. The first kappa shape index (κ1) is 13.5. The lowest BCUT2D eigenvalue weighted by molar-refractivity contribution is 0.149. The first-order chi connectivity index (χ1) is 8.07. The van der Waals surface area contributed by atoms with Gasteiger partial charge < -0.3 is 10.2 Å². The average molecular weight is 317 g/mol. The maximum Gasteiger partial charge on any atom is 0.0701 e. The Morgan fingerprint density at radius 2 is 2.41 bits per heavy atom. The third kappa shape index (κ3) is 4.05. The van der Waals surface area contributed by atoms with Gasteiger partial charge in [0.15, 0.2) is 0 Å². The zero-order valence-electron chi connectivity index (χ0n) is 10.6. The third-order valence-corrected chi connectivity index (χ3v) is 4.96. The molecule has 0 spiro atoms. The van der Waals surface area contributed by atoms with Gasteiger partial charge >= 0.3 is 0 Å². The Bertz CT molecular complexity index is 358. The predicted octanol–water partition coefficient (Wildman–Crippen LogP) is 3.33. The summed E-state index contributed by atoms with van der Waals surface area (Å²) in [6.45, 7) is 6.98. The normalized spacial score (nSPS) is 25.4. The van der Waals surface area contributed by atoms with Crippen LogP contribution in [0.4, 0.5) is 0 Å². The SMILES string of the molecule is CN(Cc1csc(Br)c1)CC1(C)CCCNC1. The Balaban J connectivity index is 1.85. The molecule has 1 unspecified atom stereocenters. The zero-order valence-corrected chi connectivity index (χ0v) is 13.0. The highest BCUT2D eigenvalue weighted by molar-refractivity contribution is 9.11. The van der Waals surface area contributed by atoms with E-state index >= 15 is 0 Å². The van der Waals surface area contributed by atoms with Crippen LogP contribution in [0.1, 0.15) is 25.3 Å². The Hall–Kier alpha value is 0.1000. The average Bonchev–Trinajstić information content (AvgIpc) is 2.63. The van der Waals surface area contributed by atoms with Crippen LogP contribution in [0.3, 0.4) is 0 Å². The molecule has 0 amide bonds. The number of hydrogen-bond acceptors (Lipinski definition) is 3. The van der Waals surface area contributed by atoms with E-state index < -0.39 is 0 Å². The van der Waals surface area contributed by atoms with Gasteiger partial charge in [0.25, 0.3) is 0 Å². The van der Waals surface area contributed by atoms with E-state index in [2.05, 4.69) is 51.6 Å². The lowest BCUT2D eigenvalue weighted by Crippen LogP contribution is -2.44. The van der Waals surface area contributed by atoms with Crippen molar-refractivity contribution < 1.29 is 0 Å². The van der Waals surface area contributed by atoms with Gasteiger partial charge in [-0.25, -0.2) is 0 Å². The zero-order chi connectivity index (χ0) is 12.3. The molecule has 2 nitrogen and oxygen atoms in total. The molecule has 96 valence electrons. The fourth-order valence-corrected chi connectivity index (χ4v) is 3.90. The van der Waals surface area contributed by atoms with E-state index in [-0.39, 0.29) is 0 Å². The van der Waals surface area contributed by atoms with Crippen molar-refractivity contribution in [2.75, 3.05) is 26.7 Å². The third-order valence-electron chi connectivity index (χ3n) is 3.41. The summed E-state index contributed by atoms with van der Waals surface area (Å²) in [5.74, 6) is 0. The molecule has 1 N–H and O–H groups in total. The molecule has 0 aliphatic carbocycles. The smallest absolute Gasteiger partial charge is 0.0701 e. The molecule has 0 saturated carbocycles. The van der Waals surface area contributed by atoms with Crippen LogP contribution in [0.5, 0.6) is 0 Å². The molecular weight excluding hydrogens is 296 g/mol. The van der Waals surface area contributed by atoms with Gasteiger partial charge in [-0.2, -0.15) is 0 Å². The second kappa shape index (κ2) is 5.83. The van der Waals surface area contributed by atoms with Crippen molar-refractivity contribution >= 4 is 27.3 Å². The van der Waals surface area contributed by atoms with Gasteiger partial charge in [-0.15, -0.1) is 11.3 Å². The van der Waals surface area contributed by atoms with Crippen molar-refractivity contribution in [2.24, 2.45) is 5.41 Å². The molecule has 1 aliphatic rings. The van der Waals surface area contributed by atoms with Crippen LogP contribution >= 0.6 is 27.3 Å². The highest BCUT2D eigenvalue weighted by Gasteiger charge is 2.27. The van der Waals surface area contributed by atoms with Gasteiger partial charge in [0, 0.05) is 19.6 Å². The summed E-state index contributed by atoms with van der Waals surface area (Å²) in [5, 5.41) is 5.75. The summed E-state index contributed by atoms with van der Waals surface area (Å²) in [7, 11) is 2.23. The summed E-state index contributed by atoms with van der Waals surface area (Å²) in [5.41, 5.74) is 1.86. The van der Waals surface area contributed by atoms with Gasteiger partial charge in [-0.3, -0.25) is 0 Å². The number of thiophene rings is 1. The summed E-state index contributed by atoms with van der Waals surface area (Å²) in [6.07, 6.45) is 2.66. The number of rotatable bonds is 4. The lowest BCUT2D eigenvalue weighted by atomic mass is 9.82. The number of nitrogens with zero attached hydrogens (tertiary/aromatic N) is 1. The highest BCUT2D eigenvalue weighted by atomic mass is 79.9. The Morgan fingerprint density at radius 3 is 3.00 bits per heavy atom. The molecular formula is C13H21BrN2S. The molecule has 4 heteroatoms. The van der Waals surface area contributed by atoms with Crippen LogP contribution < -0.4 is 5.32 Å². The molecule has 1 aromatic heterocycles. The number of halogens is 1. The molecule has 0 radical (unpaired) electrons. The predicted molar refractivity (Wildman–Crippen MR) is 78.6 cm³/mol. The lowest BCUT2D eigenvalue weighted by Gasteiger charge is -2.37. The van der Waals surface area contributed by atoms with E-state index in [0.29, 0.717) is 5.41 Å². The van der Waals surface area contributed by atoms with Crippen LogP contribution in [-0.2, 0) is 6.54 Å². The second-order valence-corrected chi connectivity index (χ2v) is 7.81. The van der Waals surface area contributed by atoms with Crippen molar-refractivity contribution in [1.29, 1.82) is 0 Å². The van der Waals surface area contributed by atoms with Crippen molar-refractivity contribution in [1.82, 2.24) is 10.2 Å². The van der Waals surface area contributed by atoms with Crippen molar-refractivity contribution in [3.05, 3.63) is 20.8 Å². The Labute approximate surface area is 117 Å². The monoisotopic (exact) mass is 316 g/mol. The second-order valence-electron chi connectivity index (χ2n) is 5.52. The molecule has 2 rings (SSSR count). The van der Waals surface area contributed by atoms with E-state index in [4.69, 9.17) is 0 Å². The van der Waals surface area contributed by atoms with Crippen LogP contribution in [-0.4, -0.2) is 31.6 Å². The Morgan fingerprint density at radius 1 is 1.59 bits per heavy atom. The fraction of sp³-hybridized carbons (Fsp3) is 0.692. The van der Waals surface area contributed by atoms with Gasteiger partial charge in [0.1, 0.15) is 0 Å². The summed E-state index contributed by atoms with van der Waals surface area (Å²) < 4.78 is 1.23. The van der Waals surface area contributed by atoms with E-state index in [0.717, 1.165) is 13.1 Å². The molecule has 1 saturated heterocycles. The van der Waals surface area contributed by atoms with E-state index in [9.17, 15) is 0 Å². The highest BCUT2D eigenvalue weighted by Crippen LogP contribution is 2.27. The molecule has 1 atom stereocenters. The van der Waals surface area contributed by atoms with Crippen LogP contribution in [0.25, 0.3) is 0 Å². The van der Waals surface area contributed by atoms with Crippen molar-refractivity contribution in [3.63, 3.8) is 0 Å². The molecule has 1 aromatic rings. The van der Waals surface area contributed by atoms with Crippen LogP contribution in [0.2, 0.25) is 0 Å². The van der Waals surface area contributed by atoms with Gasteiger partial charge in [0.2, 0.25) is 0 Å². The molecule has 0 aromatic carbocycles. The molecule has 17 heavy (non-hydrogen) atoms. The maximum absolute atomic E-state index is 3.52. The van der Waals surface area contributed by atoms with Crippen molar-refractivity contribution in [2.45, 2.75) is 26.3 Å². The number of piperidine rings is 1. The topological polar surface area (TPSA) is 15.3 Å². The largest absolute Gasteiger partial charge is 0.316 e. The van der Waals surface area contributed by atoms with Crippen LogP contribution in [0, 0.1) is 5.41 Å². The maximum atomic E-state index is 3.52. The first-order valence-corrected chi connectivity index (χ1v) is 7.87. The summed E-state index contributed by atoms with van der Waals surface area (Å²) in [6, 6.07) is 2.22. The summed E-state index contributed by atoms with van der Waals surface area (Å²) >= 11 is 5.29. The van der Waals surface area contributed by atoms with Gasteiger partial charge in [0.05, 0.1) is 3.79 Å². The molecule has 1 aliphatic heterocycles. The summed E-state index contributed by atoms with van der Waals surface area (Å²) in [4.78, 5) is 2.45. The standard InChI is InChI=1S/C13H21BrN2S/c1-13(4-3-5-15-9-13)10-16(2)7-11-6-12(14)17-8-11/h6,8,15H,3-5,7,9-10H2,1-2H3.